The largest absolute Gasteiger partial charge is 0.481 e. The molecular weight excluding hydrogens is 220 g/mol. The number of rotatable bonds is 4. The summed E-state index contributed by atoms with van der Waals surface area (Å²) in [5.74, 6) is -1.13. The summed E-state index contributed by atoms with van der Waals surface area (Å²) in [6.07, 6.45) is -3.01. The molecule has 88 valence electrons. The Hall–Kier alpha value is -1.72. The third-order valence-corrected chi connectivity index (χ3v) is 2.03. The second kappa shape index (κ2) is 4.87. The van der Waals surface area contributed by atoms with Gasteiger partial charge in [-0.1, -0.05) is 0 Å². The number of aryl methyl sites for hydroxylation is 1. The Morgan fingerprint density at radius 1 is 1.62 bits per heavy atom. The molecule has 1 aromatic heterocycles. The fourth-order valence-corrected chi connectivity index (χ4v) is 1.35. The van der Waals surface area contributed by atoms with Gasteiger partial charge in [-0.05, 0) is 18.6 Å². The summed E-state index contributed by atoms with van der Waals surface area (Å²) >= 11 is 0. The van der Waals surface area contributed by atoms with E-state index < -0.39 is 12.4 Å². The van der Waals surface area contributed by atoms with Crippen LogP contribution < -0.4 is 4.74 Å². The normalized spacial score (nSPS) is 10.6. The molecule has 0 aromatic carbocycles. The van der Waals surface area contributed by atoms with Crippen molar-refractivity contribution >= 4 is 5.97 Å². The van der Waals surface area contributed by atoms with E-state index in [4.69, 9.17) is 9.84 Å². The number of alkyl halides is 2. The van der Waals surface area contributed by atoms with E-state index in [1.54, 1.807) is 0 Å². The molecule has 0 amide bonds. The zero-order chi connectivity index (χ0) is 12.3. The zero-order valence-corrected chi connectivity index (χ0v) is 8.83. The van der Waals surface area contributed by atoms with E-state index in [2.05, 4.69) is 4.98 Å². The molecule has 0 spiro atoms. The summed E-state index contributed by atoms with van der Waals surface area (Å²) in [4.78, 5) is 14.1. The number of hydrogen-bond donors (Lipinski definition) is 1. The number of aliphatic carboxylic acids is 1. The summed E-state index contributed by atoms with van der Waals surface area (Å²) in [6, 6.07) is 1.36. The van der Waals surface area contributed by atoms with Crippen LogP contribution in [0.25, 0.3) is 0 Å². The first-order chi connectivity index (χ1) is 7.45. The molecule has 6 heteroatoms. The molecule has 1 N–H and O–H groups in total. The monoisotopic (exact) mass is 231 g/mol. The lowest BCUT2D eigenvalue weighted by molar-refractivity contribution is -0.136. The molecular formula is C10H11F2NO3. The SMILES string of the molecule is COc1nc(C(F)F)c(C)cc1CC(=O)O. The quantitative estimate of drug-likeness (QED) is 0.860. The molecule has 0 fully saturated rings. The molecule has 0 bridgehead atoms. The summed E-state index contributed by atoms with van der Waals surface area (Å²) in [6.45, 7) is 1.46. The highest BCUT2D eigenvalue weighted by molar-refractivity contribution is 5.71. The highest BCUT2D eigenvalue weighted by Gasteiger charge is 2.18. The second-order valence-corrected chi connectivity index (χ2v) is 3.23. The molecule has 0 unspecified atom stereocenters. The molecule has 1 aromatic rings. The van der Waals surface area contributed by atoms with Crippen molar-refractivity contribution in [3.63, 3.8) is 0 Å². The number of halogens is 2. The van der Waals surface area contributed by atoms with Crippen LogP contribution in [0.3, 0.4) is 0 Å². The topological polar surface area (TPSA) is 59.4 Å². The first-order valence-electron chi connectivity index (χ1n) is 4.50. The van der Waals surface area contributed by atoms with E-state index in [9.17, 15) is 13.6 Å². The average molecular weight is 231 g/mol. The van der Waals surface area contributed by atoms with E-state index >= 15 is 0 Å². The number of carbonyl (C=O) groups is 1. The van der Waals surface area contributed by atoms with Crippen molar-refractivity contribution in [3.8, 4) is 5.88 Å². The van der Waals surface area contributed by atoms with E-state index in [1.165, 1.54) is 20.1 Å². The standard InChI is InChI=1S/C10H11F2NO3/c1-5-3-6(4-7(14)15)10(16-2)13-8(5)9(11)12/h3,9H,4H2,1-2H3,(H,14,15). The number of carboxylic acids is 1. The van der Waals surface area contributed by atoms with E-state index in [0.29, 0.717) is 0 Å². The molecule has 0 saturated carbocycles. The Labute approximate surface area is 90.9 Å². The van der Waals surface area contributed by atoms with Crippen LogP contribution in [0.1, 0.15) is 23.2 Å². The summed E-state index contributed by atoms with van der Waals surface area (Å²) in [7, 11) is 1.26. The lowest BCUT2D eigenvalue weighted by atomic mass is 10.1. The zero-order valence-electron chi connectivity index (χ0n) is 8.83. The number of carboxylic acid groups (broad SMARTS) is 1. The molecule has 0 aliphatic rings. The smallest absolute Gasteiger partial charge is 0.308 e. The Morgan fingerprint density at radius 3 is 2.69 bits per heavy atom. The number of nitrogens with zero attached hydrogens (tertiary/aromatic N) is 1. The minimum absolute atomic E-state index is 0.0664. The number of pyridine rings is 1. The molecule has 0 saturated heterocycles. The van der Waals surface area contributed by atoms with Gasteiger partial charge in [0.25, 0.3) is 6.43 Å². The summed E-state index contributed by atoms with van der Waals surface area (Å²) < 4.78 is 29.8. The van der Waals surface area contributed by atoms with Crippen molar-refractivity contribution < 1.29 is 23.4 Å². The van der Waals surface area contributed by atoms with Crippen molar-refractivity contribution in [1.29, 1.82) is 0 Å². The van der Waals surface area contributed by atoms with Gasteiger partial charge in [-0.25, -0.2) is 13.8 Å². The maximum Gasteiger partial charge on any atom is 0.308 e. The van der Waals surface area contributed by atoms with Crippen molar-refractivity contribution in [1.82, 2.24) is 4.98 Å². The van der Waals surface area contributed by atoms with Crippen molar-refractivity contribution in [2.24, 2.45) is 0 Å². The molecule has 0 atom stereocenters. The third kappa shape index (κ3) is 2.65. The van der Waals surface area contributed by atoms with Gasteiger partial charge in [0.1, 0.15) is 5.69 Å². The first-order valence-corrected chi connectivity index (χ1v) is 4.50. The Bertz CT molecular complexity index is 407. The Balaban J connectivity index is 3.20. The van der Waals surface area contributed by atoms with Crippen LogP contribution in [0.15, 0.2) is 6.07 Å². The maximum absolute atomic E-state index is 12.5. The molecule has 0 aliphatic heterocycles. The first kappa shape index (κ1) is 12.4. The lowest BCUT2D eigenvalue weighted by Gasteiger charge is -2.10. The van der Waals surface area contributed by atoms with Gasteiger partial charge in [-0.2, -0.15) is 0 Å². The van der Waals surface area contributed by atoms with Crippen LogP contribution in [0.2, 0.25) is 0 Å². The van der Waals surface area contributed by atoms with Crippen molar-refractivity contribution in [2.45, 2.75) is 19.8 Å². The van der Waals surface area contributed by atoms with Crippen LogP contribution >= 0.6 is 0 Å². The third-order valence-electron chi connectivity index (χ3n) is 2.03. The minimum Gasteiger partial charge on any atom is -0.481 e. The van der Waals surface area contributed by atoms with Gasteiger partial charge < -0.3 is 9.84 Å². The van der Waals surface area contributed by atoms with Crippen LogP contribution in [-0.4, -0.2) is 23.2 Å². The van der Waals surface area contributed by atoms with Crippen LogP contribution in [-0.2, 0) is 11.2 Å². The Morgan fingerprint density at radius 2 is 2.25 bits per heavy atom. The van der Waals surface area contributed by atoms with Gasteiger partial charge in [0.2, 0.25) is 5.88 Å². The van der Waals surface area contributed by atoms with Crippen LogP contribution in [0, 0.1) is 6.92 Å². The van der Waals surface area contributed by atoms with E-state index in [1.807, 2.05) is 0 Å². The molecule has 1 heterocycles. The molecule has 1 rings (SSSR count). The summed E-state index contributed by atoms with van der Waals surface area (Å²) in [5, 5.41) is 8.62. The van der Waals surface area contributed by atoms with Gasteiger partial charge in [0.15, 0.2) is 0 Å². The van der Waals surface area contributed by atoms with Crippen LogP contribution in [0.4, 0.5) is 8.78 Å². The fraction of sp³-hybridized carbons (Fsp3) is 0.400. The average Bonchev–Trinajstić information content (AvgIpc) is 2.16. The van der Waals surface area contributed by atoms with Crippen molar-refractivity contribution in [2.75, 3.05) is 7.11 Å². The summed E-state index contributed by atoms with van der Waals surface area (Å²) in [5.41, 5.74) is 0.162. The predicted octanol–water partition coefficient (Wildman–Crippen LogP) is 1.96. The predicted molar refractivity (Wildman–Crippen MR) is 51.8 cm³/mol. The minimum atomic E-state index is -2.70. The molecule has 0 aliphatic carbocycles. The van der Waals surface area contributed by atoms with Crippen molar-refractivity contribution in [3.05, 3.63) is 22.9 Å². The highest BCUT2D eigenvalue weighted by atomic mass is 19.3. The van der Waals surface area contributed by atoms with Crippen LogP contribution in [0.5, 0.6) is 5.88 Å². The fourth-order valence-electron chi connectivity index (χ4n) is 1.35. The van der Waals surface area contributed by atoms with Gasteiger partial charge in [0.05, 0.1) is 13.5 Å². The van der Waals surface area contributed by atoms with E-state index in [-0.39, 0.29) is 29.1 Å². The van der Waals surface area contributed by atoms with Gasteiger partial charge in [-0.15, -0.1) is 0 Å². The second-order valence-electron chi connectivity index (χ2n) is 3.23. The number of methoxy groups -OCH3 is 1. The maximum atomic E-state index is 12.5. The van der Waals surface area contributed by atoms with Gasteiger partial charge >= 0.3 is 5.97 Å². The van der Waals surface area contributed by atoms with Gasteiger partial charge in [0, 0.05) is 5.56 Å². The van der Waals surface area contributed by atoms with E-state index in [0.717, 1.165) is 0 Å². The Kier molecular flexibility index (Phi) is 3.76. The van der Waals surface area contributed by atoms with Gasteiger partial charge in [-0.3, -0.25) is 4.79 Å². The lowest BCUT2D eigenvalue weighted by Crippen LogP contribution is -2.07. The highest BCUT2D eigenvalue weighted by Crippen LogP contribution is 2.26. The molecule has 4 nitrogen and oxygen atoms in total. The molecule has 16 heavy (non-hydrogen) atoms. The number of aromatic nitrogens is 1. The molecule has 0 radical (unpaired) electrons. The number of ether oxygens (including phenoxy) is 1. The number of hydrogen-bond acceptors (Lipinski definition) is 3.